The van der Waals surface area contributed by atoms with Crippen molar-refractivity contribution in [1.29, 1.82) is 0 Å². The molecule has 1 atom stereocenters. The lowest BCUT2D eigenvalue weighted by molar-refractivity contribution is -0.139. The second-order valence-corrected chi connectivity index (χ2v) is 6.26. The first-order chi connectivity index (χ1) is 12.4. The zero-order valence-electron chi connectivity index (χ0n) is 17.3. The highest BCUT2D eigenvalue weighted by atomic mass is 19.4. The van der Waals surface area contributed by atoms with E-state index < -0.39 is 29.4 Å². The number of anilines is 1. The Labute approximate surface area is 160 Å². The molecule has 1 aromatic heterocycles. The lowest BCUT2D eigenvalue weighted by Crippen LogP contribution is -2.36. The molecule has 5 nitrogen and oxygen atoms in total. The monoisotopic (exact) mass is 394 g/mol. The average Bonchev–Trinajstić information content (AvgIpc) is 3.06. The lowest BCUT2D eigenvalue weighted by Gasteiger charge is -2.22. The van der Waals surface area contributed by atoms with Crippen molar-refractivity contribution in [2.45, 2.75) is 79.1 Å². The van der Waals surface area contributed by atoms with Crippen molar-refractivity contribution in [3.05, 3.63) is 23.9 Å². The van der Waals surface area contributed by atoms with Crippen LogP contribution in [0.15, 0.2) is 18.3 Å². The molecule has 1 aliphatic rings. The average molecular weight is 394 g/mol. The summed E-state index contributed by atoms with van der Waals surface area (Å²) in [7, 11) is 0. The van der Waals surface area contributed by atoms with Crippen molar-refractivity contribution in [2.75, 3.05) is 11.4 Å². The summed E-state index contributed by atoms with van der Waals surface area (Å²) in [6, 6.07) is 1.43. The van der Waals surface area contributed by atoms with Gasteiger partial charge in [-0.3, -0.25) is 0 Å². The quantitative estimate of drug-likeness (QED) is 0.740. The summed E-state index contributed by atoms with van der Waals surface area (Å²) in [6.45, 7) is 13.7. The Morgan fingerprint density at radius 3 is 1.96 bits per heavy atom. The van der Waals surface area contributed by atoms with Crippen molar-refractivity contribution in [3.63, 3.8) is 0 Å². The van der Waals surface area contributed by atoms with Crippen molar-refractivity contribution >= 4 is 11.8 Å². The van der Waals surface area contributed by atoms with Crippen LogP contribution in [0.2, 0.25) is 0 Å². The van der Waals surface area contributed by atoms with Gasteiger partial charge in [0.25, 0.3) is 0 Å². The van der Waals surface area contributed by atoms with Gasteiger partial charge in [-0.15, -0.1) is 0 Å². The SMILES string of the molecule is CC.CC.CC(C)(C)O.O=C(O)C1CCCN1c1ccc(C(F)(F)F)cn1. The molecule has 0 radical (unpaired) electrons. The number of carbonyl (C=O) groups is 1. The van der Waals surface area contributed by atoms with Gasteiger partial charge >= 0.3 is 12.1 Å². The first-order valence-electron chi connectivity index (χ1n) is 9.14. The van der Waals surface area contributed by atoms with E-state index in [1.165, 1.54) is 11.0 Å². The van der Waals surface area contributed by atoms with E-state index in [9.17, 15) is 18.0 Å². The number of aliphatic hydroxyl groups is 1. The normalized spacial score (nSPS) is 16.1. The molecular weight excluding hydrogens is 361 g/mol. The van der Waals surface area contributed by atoms with Gasteiger partial charge in [0.05, 0.1) is 11.2 Å². The maximum Gasteiger partial charge on any atom is 0.417 e. The van der Waals surface area contributed by atoms with E-state index in [0.29, 0.717) is 19.4 Å². The van der Waals surface area contributed by atoms with Crippen LogP contribution in [-0.4, -0.2) is 39.4 Å². The smallest absolute Gasteiger partial charge is 0.417 e. The van der Waals surface area contributed by atoms with E-state index in [-0.39, 0.29) is 5.82 Å². The van der Waals surface area contributed by atoms with Gasteiger partial charge in [0.2, 0.25) is 0 Å². The first-order valence-corrected chi connectivity index (χ1v) is 9.14. The third-order valence-corrected chi connectivity index (χ3v) is 2.91. The number of hydrogen-bond donors (Lipinski definition) is 2. The van der Waals surface area contributed by atoms with Crippen LogP contribution in [0, 0.1) is 0 Å². The van der Waals surface area contributed by atoms with Crippen LogP contribution >= 0.6 is 0 Å². The number of carboxylic acid groups (broad SMARTS) is 1. The maximum absolute atomic E-state index is 12.4. The van der Waals surface area contributed by atoms with E-state index in [1.54, 1.807) is 20.8 Å². The fraction of sp³-hybridized carbons (Fsp3) is 0.684. The molecule has 2 heterocycles. The number of rotatable bonds is 2. The van der Waals surface area contributed by atoms with Crippen molar-refractivity contribution in [3.8, 4) is 0 Å². The highest BCUT2D eigenvalue weighted by molar-refractivity contribution is 5.78. The predicted molar refractivity (Wildman–Crippen MR) is 102 cm³/mol. The number of nitrogens with zero attached hydrogens (tertiary/aromatic N) is 2. The fourth-order valence-corrected chi connectivity index (χ4v) is 2.02. The molecule has 158 valence electrons. The van der Waals surface area contributed by atoms with Gasteiger partial charge in [-0.25, -0.2) is 9.78 Å². The molecular formula is C19H33F3N2O3. The number of aliphatic carboxylic acids is 1. The van der Waals surface area contributed by atoms with Crippen LogP contribution in [0.1, 0.15) is 66.9 Å². The van der Waals surface area contributed by atoms with Crippen LogP contribution in [0.3, 0.4) is 0 Å². The number of hydrogen-bond acceptors (Lipinski definition) is 4. The Kier molecular flexibility index (Phi) is 12.7. The summed E-state index contributed by atoms with van der Waals surface area (Å²) < 4.78 is 37.1. The van der Waals surface area contributed by atoms with Gasteiger partial charge in [0.15, 0.2) is 0 Å². The second kappa shape index (κ2) is 12.5. The fourth-order valence-electron chi connectivity index (χ4n) is 2.02. The molecule has 1 saturated heterocycles. The second-order valence-electron chi connectivity index (χ2n) is 6.26. The van der Waals surface area contributed by atoms with Crippen LogP contribution in [0.4, 0.5) is 19.0 Å². The Hall–Kier alpha value is -1.83. The summed E-state index contributed by atoms with van der Waals surface area (Å²) >= 11 is 0. The Bertz CT molecular complexity index is 520. The molecule has 0 spiro atoms. The molecule has 0 aromatic carbocycles. The number of alkyl halides is 3. The first kappa shape index (κ1) is 27.4. The van der Waals surface area contributed by atoms with Crippen LogP contribution < -0.4 is 4.90 Å². The van der Waals surface area contributed by atoms with Gasteiger partial charge in [-0.05, 0) is 45.7 Å². The standard InChI is InChI=1S/C11H11F3N2O2.C4H10O.2C2H6/c12-11(13,14)7-3-4-9(15-6-7)16-5-1-2-8(16)10(17)18;1-4(2,3)5;2*1-2/h3-4,6,8H,1-2,5H2,(H,17,18);5H,1-3H3;2*1-2H3. The van der Waals surface area contributed by atoms with Crippen LogP contribution in [0.5, 0.6) is 0 Å². The van der Waals surface area contributed by atoms with E-state index >= 15 is 0 Å². The minimum Gasteiger partial charge on any atom is -0.480 e. The summed E-state index contributed by atoms with van der Waals surface area (Å²) in [4.78, 5) is 16.2. The molecule has 27 heavy (non-hydrogen) atoms. The molecule has 0 saturated carbocycles. The van der Waals surface area contributed by atoms with Crippen LogP contribution in [-0.2, 0) is 11.0 Å². The summed E-state index contributed by atoms with van der Waals surface area (Å²) in [5, 5.41) is 17.5. The van der Waals surface area contributed by atoms with Gasteiger partial charge in [0.1, 0.15) is 11.9 Å². The summed E-state index contributed by atoms with van der Waals surface area (Å²) in [5.41, 5.74) is -1.34. The Balaban J connectivity index is 0. The maximum atomic E-state index is 12.4. The molecule has 1 aromatic rings. The molecule has 8 heteroatoms. The highest BCUT2D eigenvalue weighted by Gasteiger charge is 2.33. The van der Waals surface area contributed by atoms with Crippen molar-refractivity contribution in [1.82, 2.24) is 4.98 Å². The summed E-state index contributed by atoms with van der Waals surface area (Å²) in [5.74, 6) is -0.706. The van der Waals surface area contributed by atoms with Crippen molar-refractivity contribution in [2.24, 2.45) is 0 Å². The van der Waals surface area contributed by atoms with Gasteiger partial charge in [-0.2, -0.15) is 13.2 Å². The zero-order chi connectivity index (χ0) is 21.8. The molecule has 1 unspecified atom stereocenters. The molecule has 2 rings (SSSR count). The minimum atomic E-state index is -4.43. The molecule has 0 bridgehead atoms. The Morgan fingerprint density at radius 1 is 1.15 bits per heavy atom. The number of halogens is 3. The zero-order valence-corrected chi connectivity index (χ0v) is 17.3. The number of pyridine rings is 1. The van der Waals surface area contributed by atoms with Gasteiger partial charge < -0.3 is 15.1 Å². The molecule has 0 amide bonds. The highest BCUT2D eigenvalue weighted by Crippen LogP contribution is 2.30. The lowest BCUT2D eigenvalue weighted by atomic mass is 10.2. The predicted octanol–water partition coefficient (Wildman–Crippen LogP) is 4.98. The van der Waals surface area contributed by atoms with E-state index in [2.05, 4.69) is 4.98 Å². The van der Waals surface area contributed by atoms with E-state index in [4.69, 9.17) is 10.2 Å². The molecule has 2 N–H and O–H groups in total. The van der Waals surface area contributed by atoms with Crippen molar-refractivity contribution < 1.29 is 28.2 Å². The molecule has 1 aliphatic heterocycles. The van der Waals surface area contributed by atoms with Gasteiger partial charge in [0, 0.05) is 12.7 Å². The molecule has 1 fully saturated rings. The topological polar surface area (TPSA) is 73.7 Å². The number of aromatic nitrogens is 1. The molecule has 0 aliphatic carbocycles. The third kappa shape index (κ3) is 11.5. The Morgan fingerprint density at radius 2 is 1.63 bits per heavy atom. The largest absolute Gasteiger partial charge is 0.480 e. The summed E-state index contributed by atoms with van der Waals surface area (Å²) in [6.07, 6.45) is -2.52. The minimum absolute atomic E-state index is 0.271. The third-order valence-electron chi connectivity index (χ3n) is 2.91. The van der Waals surface area contributed by atoms with E-state index in [0.717, 1.165) is 12.3 Å². The number of carboxylic acids is 1. The van der Waals surface area contributed by atoms with E-state index in [1.807, 2.05) is 27.7 Å². The van der Waals surface area contributed by atoms with Gasteiger partial charge in [-0.1, -0.05) is 27.7 Å². The van der Waals surface area contributed by atoms with Crippen LogP contribution in [0.25, 0.3) is 0 Å².